The van der Waals surface area contributed by atoms with Gasteiger partial charge in [-0.2, -0.15) is 0 Å². The Balaban J connectivity index is 1.05. The zero-order chi connectivity index (χ0) is 44.4. The smallest absolute Gasteiger partial charge is 0.0726 e. The Labute approximate surface area is 393 Å². The van der Waals surface area contributed by atoms with Gasteiger partial charge in [0.15, 0.2) is 0 Å². The summed E-state index contributed by atoms with van der Waals surface area (Å²) < 4.78 is 0. The Kier molecular flexibility index (Phi) is 8.14. The second kappa shape index (κ2) is 14.2. The van der Waals surface area contributed by atoms with Crippen molar-refractivity contribution in [2.75, 3.05) is 4.90 Å². The van der Waals surface area contributed by atoms with Crippen LogP contribution in [-0.4, -0.2) is 0 Å². The third kappa shape index (κ3) is 5.31. The maximum Gasteiger partial charge on any atom is 0.0726 e. The highest BCUT2D eigenvalue weighted by Gasteiger charge is 2.52. The number of benzene rings is 10. The van der Waals surface area contributed by atoms with Crippen molar-refractivity contribution in [3.63, 3.8) is 0 Å². The molecular formula is C66H47N. The van der Waals surface area contributed by atoms with Gasteiger partial charge in [0.05, 0.1) is 11.1 Å². The number of rotatable bonds is 3. The van der Waals surface area contributed by atoms with Crippen LogP contribution < -0.4 is 4.90 Å². The zero-order valence-electron chi connectivity index (χ0n) is 37.7. The minimum Gasteiger partial charge on any atom is -0.310 e. The van der Waals surface area contributed by atoms with E-state index >= 15 is 0 Å². The lowest BCUT2D eigenvalue weighted by Gasteiger charge is -2.33. The molecule has 10 aromatic carbocycles. The molecule has 0 heterocycles. The van der Waals surface area contributed by atoms with E-state index in [2.05, 4.69) is 243 Å². The van der Waals surface area contributed by atoms with Gasteiger partial charge in [0.1, 0.15) is 0 Å². The summed E-state index contributed by atoms with van der Waals surface area (Å²) in [7, 11) is 0. The molecule has 1 spiro atoms. The van der Waals surface area contributed by atoms with E-state index in [4.69, 9.17) is 0 Å². The van der Waals surface area contributed by atoms with Gasteiger partial charge in [0.2, 0.25) is 0 Å². The third-order valence-corrected chi connectivity index (χ3v) is 15.8. The number of fused-ring (bicyclic) bond motifs is 19. The van der Waals surface area contributed by atoms with Crippen molar-refractivity contribution in [1.82, 2.24) is 0 Å². The molecule has 0 bridgehead atoms. The van der Waals surface area contributed by atoms with Crippen LogP contribution in [-0.2, 0) is 23.7 Å². The van der Waals surface area contributed by atoms with Crippen molar-refractivity contribution in [2.45, 2.75) is 37.5 Å². The fourth-order valence-corrected chi connectivity index (χ4v) is 12.9. The predicted octanol–water partition coefficient (Wildman–Crippen LogP) is 16.6. The summed E-state index contributed by atoms with van der Waals surface area (Å²) in [6.07, 6.45) is 1.68. The highest BCUT2D eigenvalue weighted by molar-refractivity contribution is 5.99. The molecule has 4 aliphatic rings. The standard InChI is InChI=1S/C66H47N/c1-65(2)57-28-13-12-27-55(57)64-61(65)32-17-33-63(64)67(46-35-34-45-39-43-19-4-7-22-49(43)48-21-6-3-18-42(48)38-44-20-5-8-23-50(44)56(45)40-46)47-36-37-54-53-26-11-16-31-60(53)66(62(54)41-47)58-29-14-9-24-51(58)52-25-10-15-30-59(52)66/h3-37,40-41H,38-39H2,1-2H3. The second-order valence-corrected chi connectivity index (χ2v) is 19.5. The van der Waals surface area contributed by atoms with Gasteiger partial charge in [-0.05, 0) is 149 Å². The Morgan fingerprint density at radius 1 is 0.299 bits per heavy atom. The number of nitrogens with zero attached hydrogens (tertiary/aromatic N) is 1. The quantitative estimate of drug-likeness (QED) is 0.171. The fourth-order valence-electron chi connectivity index (χ4n) is 12.9. The van der Waals surface area contributed by atoms with E-state index in [9.17, 15) is 0 Å². The molecule has 0 saturated heterocycles. The first-order chi connectivity index (χ1) is 33.0. The number of anilines is 3. The molecule has 10 aromatic rings. The lowest BCUT2D eigenvalue weighted by molar-refractivity contribution is 0.660. The molecule has 316 valence electrons. The largest absolute Gasteiger partial charge is 0.310 e. The summed E-state index contributed by atoms with van der Waals surface area (Å²) in [5.74, 6) is 0. The molecule has 0 radical (unpaired) electrons. The van der Waals surface area contributed by atoms with Crippen LogP contribution in [0.5, 0.6) is 0 Å². The Morgan fingerprint density at radius 3 is 1.27 bits per heavy atom. The molecule has 0 fully saturated rings. The lowest BCUT2D eigenvalue weighted by Crippen LogP contribution is -2.26. The van der Waals surface area contributed by atoms with E-state index in [1.165, 1.54) is 117 Å². The van der Waals surface area contributed by atoms with Crippen LogP contribution in [0, 0.1) is 0 Å². The van der Waals surface area contributed by atoms with Gasteiger partial charge in [-0.25, -0.2) is 0 Å². The van der Waals surface area contributed by atoms with Crippen molar-refractivity contribution in [2.24, 2.45) is 0 Å². The molecule has 0 unspecified atom stereocenters. The highest BCUT2D eigenvalue weighted by Crippen LogP contribution is 2.64. The van der Waals surface area contributed by atoms with Gasteiger partial charge in [0, 0.05) is 22.4 Å². The van der Waals surface area contributed by atoms with E-state index in [-0.39, 0.29) is 5.41 Å². The van der Waals surface area contributed by atoms with E-state index < -0.39 is 5.41 Å². The fraction of sp³-hybridized carbons (Fsp3) is 0.0909. The van der Waals surface area contributed by atoms with Gasteiger partial charge < -0.3 is 4.90 Å². The minimum atomic E-state index is -0.459. The van der Waals surface area contributed by atoms with Gasteiger partial charge in [-0.15, -0.1) is 0 Å². The highest BCUT2D eigenvalue weighted by atomic mass is 15.1. The first-order valence-corrected chi connectivity index (χ1v) is 23.8. The average molecular weight is 854 g/mol. The molecule has 4 aliphatic carbocycles. The SMILES string of the molecule is CC1(C)c2ccccc2-c2c(N(c3ccc4c(c3)-c3ccccc3Cc3ccccc3-c3ccccc3C4)c3ccc4c(c3)C3(c5ccccc5-c5ccccc53)c3ccccc3-4)cccc21. The van der Waals surface area contributed by atoms with Crippen LogP contribution in [0.25, 0.3) is 55.6 Å². The second-order valence-electron chi connectivity index (χ2n) is 19.5. The van der Waals surface area contributed by atoms with Gasteiger partial charge >= 0.3 is 0 Å². The summed E-state index contributed by atoms with van der Waals surface area (Å²) in [4.78, 5) is 2.59. The van der Waals surface area contributed by atoms with Gasteiger partial charge in [-0.3, -0.25) is 0 Å². The summed E-state index contributed by atoms with van der Waals surface area (Å²) >= 11 is 0. The van der Waals surface area contributed by atoms with Gasteiger partial charge in [-0.1, -0.05) is 208 Å². The summed E-state index contributed by atoms with van der Waals surface area (Å²) in [6.45, 7) is 4.78. The molecule has 0 amide bonds. The lowest BCUT2D eigenvalue weighted by atomic mass is 9.70. The van der Waals surface area contributed by atoms with Gasteiger partial charge in [0.25, 0.3) is 0 Å². The van der Waals surface area contributed by atoms with Crippen LogP contribution in [0.15, 0.2) is 224 Å². The topological polar surface area (TPSA) is 3.24 Å². The molecule has 1 nitrogen and oxygen atoms in total. The molecule has 0 saturated carbocycles. The van der Waals surface area contributed by atoms with E-state index in [0.717, 1.165) is 24.2 Å². The van der Waals surface area contributed by atoms with Crippen LogP contribution in [0.4, 0.5) is 17.1 Å². The molecule has 0 atom stereocenters. The molecule has 0 aliphatic heterocycles. The van der Waals surface area contributed by atoms with Crippen molar-refractivity contribution < 1.29 is 0 Å². The predicted molar refractivity (Wildman–Crippen MR) is 278 cm³/mol. The molecule has 67 heavy (non-hydrogen) atoms. The molecule has 1 heteroatoms. The average Bonchev–Trinajstić information content (AvgIpc) is 3.93. The Bertz CT molecular complexity index is 3630. The molecule has 0 N–H and O–H groups in total. The van der Waals surface area contributed by atoms with Crippen molar-refractivity contribution in [3.8, 4) is 55.6 Å². The first kappa shape index (κ1) is 38.3. The van der Waals surface area contributed by atoms with Crippen molar-refractivity contribution in [3.05, 3.63) is 280 Å². The van der Waals surface area contributed by atoms with E-state index in [1.807, 2.05) is 0 Å². The molecular weight excluding hydrogens is 807 g/mol. The zero-order valence-corrected chi connectivity index (χ0v) is 37.7. The molecule has 0 aromatic heterocycles. The summed E-state index contributed by atoms with van der Waals surface area (Å²) in [5, 5.41) is 0. The van der Waals surface area contributed by atoms with Crippen LogP contribution in [0.1, 0.15) is 69.5 Å². The first-order valence-electron chi connectivity index (χ1n) is 23.8. The third-order valence-electron chi connectivity index (χ3n) is 15.8. The van der Waals surface area contributed by atoms with Crippen LogP contribution in [0.3, 0.4) is 0 Å². The Morgan fingerprint density at radius 2 is 0.701 bits per heavy atom. The monoisotopic (exact) mass is 853 g/mol. The Hall–Kier alpha value is -8.00. The van der Waals surface area contributed by atoms with Crippen molar-refractivity contribution >= 4 is 17.1 Å². The van der Waals surface area contributed by atoms with Crippen LogP contribution >= 0.6 is 0 Å². The van der Waals surface area contributed by atoms with E-state index in [1.54, 1.807) is 0 Å². The normalized spacial score (nSPS) is 14.5. The van der Waals surface area contributed by atoms with E-state index in [0.29, 0.717) is 0 Å². The maximum absolute atomic E-state index is 2.59. The maximum atomic E-state index is 2.59. The number of hydrogen-bond donors (Lipinski definition) is 0. The minimum absolute atomic E-state index is 0.153. The molecule has 14 rings (SSSR count). The summed E-state index contributed by atoms with van der Waals surface area (Å²) in [5.41, 5.74) is 29.5. The van der Waals surface area contributed by atoms with Crippen molar-refractivity contribution in [1.29, 1.82) is 0 Å². The van der Waals surface area contributed by atoms with Crippen LogP contribution in [0.2, 0.25) is 0 Å². The number of hydrogen-bond acceptors (Lipinski definition) is 1. The summed E-state index contributed by atoms with van der Waals surface area (Å²) in [6, 6.07) is 85.3.